The number of nitrogens with zero attached hydrogens (tertiary/aromatic N) is 4. The summed E-state index contributed by atoms with van der Waals surface area (Å²) < 4.78 is 7.23. The van der Waals surface area contributed by atoms with Crippen molar-refractivity contribution in [3.05, 3.63) is 45.8 Å². The highest BCUT2D eigenvalue weighted by atomic mass is 35.5. The number of morpholine rings is 1. The van der Waals surface area contributed by atoms with Gasteiger partial charge in [0, 0.05) is 18.1 Å². The third-order valence-electron chi connectivity index (χ3n) is 4.57. The van der Waals surface area contributed by atoms with Crippen LogP contribution in [0.1, 0.15) is 13.8 Å². The molecule has 1 N–H and O–H groups in total. The van der Waals surface area contributed by atoms with Crippen LogP contribution in [0.5, 0.6) is 0 Å². The highest BCUT2D eigenvalue weighted by Crippen LogP contribution is 2.21. The van der Waals surface area contributed by atoms with E-state index in [1.54, 1.807) is 27.8 Å². The van der Waals surface area contributed by atoms with Gasteiger partial charge in [0.05, 0.1) is 29.8 Å². The molecule has 3 aromatic rings. The minimum Gasteiger partial charge on any atom is -0.372 e. The van der Waals surface area contributed by atoms with Gasteiger partial charge in [0.15, 0.2) is 10.8 Å². The second kappa shape index (κ2) is 8.17. The Kier molecular flexibility index (Phi) is 5.62. The van der Waals surface area contributed by atoms with Crippen LogP contribution in [0.4, 0.5) is 0 Å². The van der Waals surface area contributed by atoms with E-state index in [2.05, 4.69) is 15.1 Å². The van der Waals surface area contributed by atoms with Crippen LogP contribution in [0.3, 0.4) is 0 Å². The zero-order valence-electron chi connectivity index (χ0n) is 16.0. The Morgan fingerprint density at radius 2 is 2.10 bits per heavy atom. The van der Waals surface area contributed by atoms with Crippen LogP contribution >= 0.6 is 23.4 Å². The number of nitrogens with one attached hydrogen (secondary N) is 1. The van der Waals surface area contributed by atoms with Crippen molar-refractivity contribution in [3.63, 3.8) is 0 Å². The number of aromatic amines is 1. The monoisotopic (exact) mass is 433 g/mol. The molecule has 1 aromatic carbocycles. The molecule has 1 amide bonds. The first-order valence-electron chi connectivity index (χ1n) is 9.20. The van der Waals surface area contributed by atoms with Gasteiger partial charge in [-0.2, -0.15) is 5.10 Å². The average Bonchev–Trinajstić information content (AvgIpc) is 3.10. The van der Waals surface area contributed by atoms with Crippen LogP contribution in [0.15, 0.2) is 40.4 Å². The van der Waals surface area contributed by atoms with Gasteiger partial charge in [0.25, 0.3) is 5.56 Å². The Hall–Kier alpha value is -2.36. The molecule has 0 bridgehead atoms. The lowest BCUT2D eigenvalue weighted by Gasteiger charge is -2.35. The summed E-state index contributed by atoms with van der Waals surface area (Å²) in [7, 11) is 0. The van der Waals surface area contributed by atoms with Crippen molar-refractivity contribution < 1.29 is 9.53 Å². The lowest BCUT2D eigenvalue weighted by atomic mass is 10.2. The molecule has 1 fully saturated rings. The van der Waals surface area contributed by atoms with Crippen LogP contribution in [0.2, 0.25) is 5.02 Å². The van der Waals surface area contributed by atoms with E-state index in [0.717, 1.165) is 0 Å². The highest BCUT2D eigenvalue weighted by molar-refractivity contribution is 7.99. The molecule has 2 aromatic heterocycles. The van der Waals surface area contributed by atoms with E-state index in [4.69, 9.17) is 16.3 Å². The van der Waals surface area contributed by atoms with E-state index in [0.29, 0.717) is 40.0 Å². The zero-order valence-corrected chi connectivity index (χ0v) is 17.5. The standard InChI is InChI=1S/C19H20ClN5O3S/c1-11-8-24(9-12(2)28-11)16(26)10-29-19-22-17-15(18(27)23-19)7-21-25(17)14-5-3-4-13(20)6-14/h3-7,11-12H,8-10H2,1-2H3,(H,22,23,27)/t11-,12+. The maximum atomic E-state index is 12.6. The Morgan fingerprint density at radius 3 is 2.83 bits per heavy atom. The minimum atomic E-state index is -0.299. The molecule has 3 heterocycles. The molecule has 4 rings (SSSR count). The Morgan fingerprint density at radius 1 is 1.34 bits per heavy atom. The summed E-state index contributed by atoms with van der Waals surface area (Å²) in [5, 5.41) is 5.57. The van der Waals surface area contributed by atoms with E-state index in [9.17, 15) is 9.59 Å². The van der Waals surface area contributed by atoms with E-state index in [1.807, 2.05) is 19.9 Å². The van der Waals surface area contributed by atoms with Crippen LogP contribution in [-0.2, 0) is 9.53 Å². The van der Waals surface area contributed by atoms with E-state index < -0.39 is 0 Å². The van der Waals surface area contributed by atoms with Gasteiger partial charge in [0.2, 0.25) is 5.91 Å². The first-order chi connectivity index (χ1) is 13.9. The summed E-state index contributed by atoms with van der Waals surface area (Å²) in [6, 6.07) is 7.14. The molecule has 0 radical (unpaired) electrons. The number of fused-ring (bicyclic) bond motifs is 1. The molecule has 8 nitrogen and oxygen atoms in total. The van der Waals surface area contributed by atoms with Gasteiger partial charge >= 0.3 is 0 Å². The highest BCUT2D eigenvalue weighted by Gasteiger charge is 2.26. The van der Waals surface area contributed by atoms with Crippen molar-refractivity contribution in [1.29, 1.82) is 0 Å². The molecule has 152 valence electrons. The van der Waals surface area contributed by atoms with Gasteiger partial charge in [-0.3, -0.25) is 9.59 Å². The van der Waals surface area contributed by atoms with E-state index in [-0.39, 0.29) is 29.4 Å². The second-order valence-electron chi connectivity index (χ2n) is 6.99. The first kappa shape index (κ1) is 19.9. The van der Waals surface area contributed by atoms with Gasteiger partial charge in [-0.1, -0.05) is 29.4 Å². The number of thioether (sulfide) groups is 1. The predicted octanol–water partition coefficient (Wildman–Crippen LogP) is 2.49. The van der Waals surface area contributed by atoms with Crippen LogP contribution in [-0.4, -0.2) is 61.6 Å². The molecule has 10 heteroatoms. The molecule has 29 heavy (non-hydrogen) atoms. The quantitative estimate of drug-likeness (QED) is 0.502. The van der Waals surface area contributed by atoms with Crippen molar-refractivity contribution in [1.82, 2.24) is 24.6 Å². The molecule has 2 atom stereocenters. The number of benzene rings is 1. The summed E-state index contributed by atoms with van der Waals surface area (Å²) in [5.41, 5.74) is 0.820. The van der Waals surface area contributed by atoms with Crippen LogP contribution in [0.25, 0.3) is 16.7 Å². The topological polar surface area (TPSA) is 93.1 Å². The predicted molar refractivity (Wildman–Crippen MR) is 112 cm³/mol. The third-order valence-corrected chi connectivity index (χ3v) is 5.67. The van der Waals surface area contributed by atoms with Gasteiger partial charge in [0.1, 0.15) is 5.39 Å². The molecular formula is C19H20ClN5O3S. The zero-order chi connectivity index (χ0) is 20.5. The van der Waals surface area contributed by atoms with Crippen molar-refractivity contribution in [3.8, 4) is 5.69 Å². The summed E-state index contributed by atoms with van der Waals surface area (Å²) >= 11 is 7.27. The fraction of sp³-hybridized carbons (Fsp3) is 0.368. The summed E-state index contributed by atoms with van der Waals surface area (Å²) in [4.78, 5) is 34.1. The maximum absolute atomic E-state index is 12.6. The number of H-pyrrole nitrogens is 1. The lowest BCUT2D eigenvalue weighted by molar-refractivity contribution is -0.140. The third kappa shape index (κ3) is 4.31. The van der Waals surface area contributed by atoms with Gasteiger partial charge in [-0.05, 0) is 32.0 Å². The molecule has 1 saturated heterocycles. The number of carbonyl (C=O) groups excluding carboxylic acids is 1. The number of halogens is 1. The molecule has 1 aliphatic heterocycles. The normalized spacial score (nSPS) is 19.6. The van der Waals surface area contributed by atoms with E-state index in [1.165, 1.54) is 18.0 Å². The van der Waals surface area contributed by atoms with Crippen molar-refractivity contribution in [2.45, 2.75) is 31.2 Å². The smallest absolute Gasteiger partial charge is 0.262 e. The fourth-order valence-corrected chi connectivity index (χ4v) is 4.31. The number of rotatable bonds is 4. The number of hydrogen-bond donors (Lipinski definition) is 1. The summed E-state index contributed by atoms with van der Waals surface area (Å²) in [6.45, 7) is 5.03. The van der Waals surface area contributed by atoms with Crippen LogP contribution in [0, 0.1) is 0 Å². The molecular weight excluding hydrogens is 414 g/mol. The Balaban J connectivity index is 1.56. The van der Waals surface area contributed by atoms with Gasteiger partial charge < -0.3 is 14.6 Å². The molecule has 0 aliphatic carbocycles. The van der Waals surface area contributed by atoms with Crippen molar-refractivity contribution >= 4 is 40.3 Å². The summed E-state index contributed by atoms with van der Waals surface area (Å²) in [6.07, 6.45) is 1.49. The maximum Gasteiger partial charge on any atom is 0.262 e. The fourth-order valence-electron chi connectivity index (χ4n) is 3.37. The van der Waals surface area contributed by atoms with Crippen molar-refractivity contribution in [2.75, 3.05) is 18.8 Å². The van der Waals surface area contributed by atoms with Crippen LogP contribution < -0.4 is 5.56 Å². The van der Waals surface area contributed by atoms with Gasteiger partial charge in [-0.15, -0.1) is 0 Å². The number of ether oxygens (including phenoxy) is 1. The molecule has 0 spiro atoms. The minimum absolute atomic E-state index is 0.00836. The second-order valence-corrected chi connectivity index (χ2v) is 8.39. The van der Waals surface area contributed by atoms with Crippen molar-refractivity contribution in [2.24, 2.45) is 0 Å². The largest absolute Gasteiger partial charge is 0.372 e. The number of hydrogen-bond acceptors (Lipinski definition) is 6. The number of aromatic nitrogens is 4. The summed E-state index contributed by atoms with van der Waals surface area (Å²) in [5.74, 6) is 0.169. The first-order valence-corrected chi connectivity index (χ1v) is 10.6. The SMILES string of the molecule is C[C@@H]1CN(C(=O)CSc2nc3c(cnn3-c3cccc(Cl)c3)c(=O)[nH]2)C[C@H](C)O1. The number of amides is 1. The number of carbonyl (C=O) groups is 1. The molecule has 0 unspecified atom stereocenters. The van der Waals surface area contributed by atoms with Gasteiger partial charge in [-0.25, -0.2) is 9.67 Å². The Bertz CT molecular complexity index is 1100. The molecule has 1 aliphatic rings. The lowest BCUT2D eigenvalue weighted by Crippen LogP contribution is -2.48. The van der Waals surface area contributed by atoms with E-state index >= 15 is 0 Å². The Labute approximate surface area is 176 Å². The molecule has 0 saturated carbocycles. The average molecular weight is 434 g/mol.